The molecule has 1 aromatic rings. The lowest BCUT2D eigenvalue weighted by molar-refractivity contribution is -0.123. The summed E-state index contributed by atoms with van der Waals surface area (Å²) in [6.07, 6.45) is 5.26. The van der Waals surface area contributed by atoms with Crippen molar-refractivity contribution in [2.24, 2.45) is 0 Å². The zero-order chi connectivity index (χ0) is 20.0. The molecule has 2 amide bonds. The normalized spacial score (nSPS) is 20.1. The van der Waals surface area contributed by atoms with Crippen molar-refractivity contribution < 1.29 is 14.0 Å². The molecule has 0 atom stereocenters. The van der Waals surface area contributed by atoms with E-state index in [9.17, 15) is 19.2 Å². The fourth-order valence-electron chi connectivity index (χ4n) is 4.04. The average molecular weight is 386 g/mol. The van der Waals surface area contributed by atoms with E-state index in [4.69, 9.17) is 0 Å². The Labute approximate surface area is 165 Å². The molecule has 0 bridgehead atoms. The molecule has 28 heavy (non-hydrogen) atoms. The Morgan fingerprint density at radius 2 is 1.75 bits per heavy atom. The molecule has 1 aromatic carbocycles. The number of hydrogen-bond acceptors (Lipinski definition) is 4. The summed E-state index contributed by atoms with van der Waals surface area (Å²) < 4.78 is 13.1. The minimum atomic E-state index is -0.717. The van der Waals surface area contributed by atoms with Crippen LogP contribution in [0.4, 0.5) is 4.39 Å². The average Bonchev–Trinajstić information content (AvgIpc) is 2.94. The molecule has 3 rings (SSSR count). The Bertz CT molecular complexity index is 738. The Morgan fingerprint density at radius 1 is 1.04 bits per heavy atom. The van der Waals surface area contributed by atoms with Crippen LogP contribution in [0.1, 0.15) is 48.9 Å². The zero-order valence-corrected chi connectivity index (χ0v) is 16.1. The highest BCUT2D eigenvalue weighted by atomic mass is 19.1. The van der Waals surface area contributed by atoms with Gasteiger partial charge in [0.05, 0.1) is 12.6 Å². The van der Waals surface area contributed by atoms with E-state index < -0.39 is 5.54 Å². The molecule has 0 spiro atoms. The van der Waals surface area contributed by atoms with Crippen molar-refractivity contribution in [3.8, 4) is 6.07 Å². The summed E-state index contributed by atoms with van der Waals surface area (Å²) in [6, 6.07) is 7.89. The van der Waals surface area contributed by atoms with Crippen molar-refractivity contribution in [2.45, 2.75) is 44.1 Å². The van der Waals surface area contributed by atoms with E-state index in [2.05, 4.69) is 11.4 Å². The maximum Gasteiger partial charge on any atom is 0.253 e. The number of carbonyl (C=O) groups is 2. The maximum absolute atomic E-state index is 13.1. The molecule has 2 aliphatic rings. The predicted molar refractivity (Wildman–Crippen MR) is 103 cm³/mol. The molecule has 1 saturated carbocycles. The van der Waals surface area contributed by atoms with Crippen LogP contribution in [0.2, 0.25) is 0 Å². The van der Waals surface area contributed by atoms with Gasteiger partial charge in [0.2, 0.25) is 5.91 Å². The van der Waals surface area contributed by atoms with Crippen LogP contribution >= 0.6 is 0 Å². The van der Waals surface area contributed by atoms with Crippen molar-refractivity contribution in [3.05, 3.63) is 35.6 Å². The number of nitrogens with zero attached hydrogens (tertiary/aromatic N) is 3. The molecule has 1 heterocycles. The lowest BCUT2D eigenvalue weighted by Gasteiger charge is -2.32. The molecular weight excluding hydrogens is 359 g/mol. The molecule has 0 radical (unpaired) electrons. The monoisotopic (exact) mass is 386 g/mol. The van der Waals surface area contributed by atoms with Crippen LogP contribution in [0.15, 0.2) is 24.3 Å². The maximum atomic E-state index is 13.1. The van der Waals surface area contributed by atoms with E-state index in [1.54, 1.807) is 4.90 Å². The summed E-state index contributed by atoms with van der Waals surface area (Å²) >= 11 is 0. The van der Waals surface area contributed by atoms with Crippen LogP contribution in [-0.4, -0.2) is 59.9 Å². The van der Waals surface area contributed by atoms with Crippen molar-refractivity contribution in [1.82, 2.24) is 15.1 Å². The van der Waals surface area contributed by atoms with Gasteiger partial charge in [-0.2, -0.15) is 5.26 Å². The van der Waals surface area contributed by atoms with Gasteiger partial charge >= 0.3 is 0 Å². The molecule has 0 aromatic heterocycles. The van der Waals surface area contributed by atoms with E-state index in [0.29, 0.717) is 25.2 Å². The van der Waals surface area contributed by atoms with Gasteiger partial charge in [-0.05, 0) is 43.5 Å². The number of benzene rings is 1. The summed E-state index contributed by atoms with van der Waals surface area (Å²) in [4.78, 5) is 28.9. The quantitative estimate of drug-likeness (QED) is 0.862. The molecule has 1 saturated heterocycles. The highest BCUT2D eigenvalue weighted by molar-refractivity contribution is 5.94. The third kappa shape index (κ3) is 5.08. The highest BCUT2D eigenvalue weighted by Crippen LogP contribution is 2.27. The van der Waals surface area contributed by atoms with Gasteiger partial charge in [0.1, 0.15) is 11.4 Å². The lowest BCUT2D eigenvalue weighted by atomic mass is 9.83. The Balaban J connectivity index is 1.52. The van der Waals surface area contributed by atoms with Crippen molar-refractivity contribution in [3.63, 3.8) is 0 Å². The number of rotatable bonds is 4. The second-order valence-electron chi connectivity index (χ2n) is 7.73. The summed E-state index contributed by atoms with van der Waals surface area (Å²) in [5.41, 5.74) is -0.243. The van der Waals surface area contributed by atoms with Gasteiger partial charge in [-0.1, -0.05) is 19.3 Å². The zero-order valence-electron chi connectivity index (χ0n) is 16.1. The van der Waals surface area contributed by atoms with Gasteiger partial charge in [-0.25, -0.2) is 4.39 Å². The summed E-state index contributed by atoms with van der Waals surface area (Å²) in [6.45, 7) is 2.69. The lowest BCUT2D eigenvalue weighted by Crippen LogP contribution is -2.52. The van der Waals surface area contributed by atoms with Crippen LogP contribution in [0.3, 0.4) is 0 Å². The number of amides is 2. The summed E-state index contributed by atoms with van der Waals surface area (Å²) in [5, 5.41) is 12.5. The topological polar surface area (TPSA) is 76.4 Å². The van der Waals surface area contributed by atoms with Crippen molar-refractivity contribution in [2.75, 3.05) is 32.7 Å². The van der Waals surface area contributed by atoms with E-state index in [1.165, 1.54) is 24.3 Å². The van der Waals surface area contributed by atoms with Crippen LogP contribution in [0, 0.1) is 17.1 Å². The van der Waals surface area contributed by atoms with E-state index in [-0.39, 0.29) is 24.2 Å². The number of hydrogen-bond donors (Lipinski definition) is 1. The molecule has 150 valence electrons. The third-order valence-electron chi connectivity index (χ3n) is 5.63. The van der Waals surface area contributed by atoms with Gasteiger partial charge in [-0.3, -0.25) is 14.5 Å². The van der Waals surface area contributed by atoms with Crippen LogP contribution in [0.5, 0.6) is 0 Å². The van der Waals surface area contributed by atoms with Crippen molar-refractivity contribution >= 4 is 11.8 Å². The van der Waals surface area contributed by atoms with Gasteiger partial charge < -0.3 is 10.2 Å². The first-order valence-corrected chi connectivity index (χ1v) is 10.0. The Kier molecular flexibility index (Phi) is 6.63. The second kappa shape index (κ2) is 9.16. The standard InChI is InChI=1S/C21H27FN4O2/c22-18-7-5-17(6-8-18)20(28)26-12-4-11-25(13-14-26)15-19(27)24-21(16-23)9-2-1-3-10-21/h5-8H,1-4,9-15H2,(H,24,27). The number of halogens is 1. The SMILES string of the molecule is N#CC1(NC(=O)CN2CCCN(C(=O)c3ccc(F)cc3)CC2)CCCCC1. The van der Waals surface area contributed by atoms with Gasteiger partial charge in [-0.15, -0.1) is 0 Å². The fourth-order valence-corrected chi connectivity index (χ4v) is 4.04. The summed E-state index contributed by atoms with van der Waals surface area (Å²) in [7, 11) is 0. The minimum Gasteiger partial charge on any atom is -0.337 e. The second-order valence-corrected chi connectivity index (χ2v) is 7.73. The number of nitrogens with one attached hydrogen (secondary N) is 1. The Hall–Kier alpha value is -2.46. The Morgan fingerprint density at radius 3 is 2.43 bits per heavy atom. The third-order valence-corrected chi connectivity index (χ3v) is 5.63. The molecule has 6 nitrogen and oxygen atoms in total. The first-order chi connectivity index (χ1) is 13.5. The molecule has 2 fully saturated rings. The largest absolute Gasteiger partial charge is 0.337 e. The number of carbonyl (C=O) groups excluding carboxylic acids is 2. The molecule has 0 unspecified atom stereocenters. The molecule has 1 aliphatic heterocycles. The van der Waals surface area contributed by atoms with E-state index in [1.807, 2.05) is 4.90 Å². The van der Waals surface area contributed by atoms with Crippen LogP contribution < -0.4 is 5.32 Å². The fraction of sp³-hybridized carbons (Fsp3) is 0.571. The van der Waals surface area contributed by atoms with Crippen LogP contribution in [0.25, 0.3) is 0 Å². The smallest absolute Gasteiger partial charge is 0.253 e. The molecule has 7 heteroatoms. The van der Waals surface area contributed by atoms with Crippen LogP contribution in [-0.2, 0) is 4.79 Å². The van der Waals surface area contributed by atoms with E-state index >= 15 is 0 Å². The van der Waals surface area contributed by atoms with Gasteiger partial charge in [0, 0.05) is 31.7 Å². The highest BCUT2D eigenvalue weighted by Gasteiger charge is 2.34. The van der Waals surface area contributed by atoms with Gasteiger partial charge in [0.25, 0.3) is 5.91 Å². The van der Waals surface area contributed by atoms with Crippen molar-refractivity contribution in [1.29, 1.82) is 5.26 Å². The molecular formula is C21H27FN4O2. The molecule has 1 aliphatic carbocycles. The van der Waals surface area contributed by atoms with Gasteiger partial charge in [0.15, 0.2) is 0 Å². The predicted octanol–water partition coefficient (Wildman–Crippen LogP) is 2.32. The molecule has 1 N–H and O–H groups in total. The number of nitriles is 1. The van der Waals surface area contributed by atoms with E-state index in [0.717, 1.165) is 45.1 Å². The first-order valence-electron chi connectivity index (χ1n) is 10.0. The summed E-state index contributed by atoms with van der Waals surface area (Å²) in [5.74, 6) is -0.601. The first kappa shape index (κ1) is 20.3. The minimum absolute atomic E-state index is 0.114.